The Morgan fingerprint density at radius 3 is 3.20 bits per heavy atom. The van der Waals surface area contributed by atoms with Crippen LogP contribution in [0.4, 0.5) is 0 Å². The summed E-state index contributed by atoms with van der Waals surface area (Å²) in [6.07, 6.45) is 4.55. The Bertz CT molecular complexity index is 716. The number of carbonyl (C=O) groups is 1. The first-order valence-corrected chi connectivity index (χ1v) is 9.60. The normalized spacial score (nSPS) is 23.2. The van der Waals surface area contributed by atoms with Crippen LogP contribution in [0.25, 0.3) is 0 Å². The highest BCUT2D eigenvalue weighted by Crippen LogP contribution is 2.24. The molecule has 0 saturated carbocycles. The summed E-state index contributed by atoms with van der Waals surface area (Å²) in [6.45, 7) is 1.51. The van der Waals surface area contributed by atoms with Crippen LogP contribution < -0.4 is 5.32 Å². The van der Waals surface area contributed by atoms with E-state index in [-0.39, 0.29) is 18.1 Å². The van der Waals surface area contributed by atoms with E-state index in [4.69, 9.17) is 14.0 Å². The van der Waals surface area contributed by atoms with Crippen LogP contribution in [0.1, 0.15) is 46.8 Å². The van der Waals surface area contributed by atoms with E-state index in [0.717, 1.165) is 49.1 Å². The first kappa shape index (κ1) is 16.7. The van der Waals surface area contributed by atoms with Crippen molar-refractivity contribution in [1.29, 1.82) is 0 Å². The molecule has 0 unspecified atom stereocenters. The topological polar surface area (TPSA) is 86.5 Å². The maximum atomic E-state index is 12.7. The zero-order chi connectivity index (χ0) is 17.1. The Morgan fingerprint density at radius 2 is 2.32 bits per heavy atom. The van der Waals surface area contributed by atoms with Crippen molar-refractivity contribution in [2.75, 3.05) is 13.2 Å². The van der Waals surface area contributed by atoms with Gasteiger partial charge in [-0.1, -0.05) is 5.16 Å². The number of hydrogen-bond donors (Lipinski definition) is 1. The highest BCUT2D eigenvalue weighted by Gasteiger charge is 2.31. The summed E-state index contributed by atoms with van der Waals surface area (Å²) in [5.74, 6) is 0.118. The first-order valence-electron chi connectivity index (χ1n) is 8.66. The molecule has 8 heteroatoms. The molecule has 2 atom stereocenters. The van der Waals surface area contributed by atoms with E-state index in [2.05, 4.69) is 15.5 Å². The van der Waals surface area contributed by atoms with Gasteiger partial charge in [0.15, 0.2) is 0 Å². The molecule has 1 aliphatic carbocycles. The molecule has 2 aromatic rings. The van der Waals surface area contributed by atoms with Crippen molar-refractivity contribution in [3.05, 3.63) is 33.6 Å². The van der Waals surface area contributed by atoms with Crippen LogP contribution in [0.2, 0.25) is 0 Å². The zero-order valence-corrected chi connectivity index (χ0v) is 14.7. The fourth-order valence-corrected chi connectivity index (χ4v) is 3.90. The van der Waals surface area contributed by atoms with E-state index < -0.39 is 0 Å². The molecular formula is C17H21N3O4S. The van der Waals surface area contributed by atoms with E-state index >= 15 is 0 Å². The summed E-state index contributed by atoms with van der Waals surface area (Å²) in [6, 6.07) is -0.204. The monoisotopic (exact) mass is 363 g/mol. The molecule has 134 valence electrons. The fourth-order valence-electron chi connectivity index (χ4n) is 3.36. The maximum absolute atomic E-state index is 12.7. The van der Waals surface area contributed by atoms with Crippen LogP contribution in [-0.4, -0.2) is 41.4 Å². The Morgan fingerprint density at radius 1 is 1.40 bits per heavy atom. The number of carbonyl (C=O) groups excluding carboxylic acids is 1. The van der Waals surface area contributed by atoms with Crippen LogP contribution >= 0.6 is 11.3 Å². The quantitative estimate of drug-likeness (QED) is 0.876. The summed E-state index contributed by atoms with van der Waals surface area (Å²) < 4.78 is 16.8. The lowest BCUT2D eigenvalue weighted by Crippen LogP contribution is -2.50. The molecule has 0 aromatic carbocycles. The number of hydrogen-bond acceptors (Lipinski definition) is 7. The number of aryl methyl sites for hydroxylation is 1. The second-order valence-corrected chi connectivity index (χ2v) is 7.14. The Labute approximate surface area is 149 Å². The van der Waals surface area contributed by atoms with E-state index in [9.17, 15) is 4.79 Å². The highest BCUT2D eigenvalue weighted by molar-refractivity contribution is 7.07. The third kappa shape index (κ3) is 3.75. The number of nitrogens with zero attached hydrogens (tertiary/aromatic N) is 2. The molecule has 0 spiro atoms. The molecule has 1 fully saturated rings. The summed E-state index contributed by atoms with van der Waals surface area (Å²) in [7, 11) is 0. The van der Waals surface area contributed by atoms with Gasteiger partial charge in [-0.2, -0.15) is 0 Å². The third-order valence-electron chi connectivity index (χ3n) is 4.70. The van der Waals surface area contributed by atoms with Gasteiger partial charge in [0.1, 0.15) is 0 Å². The van der Waals surface area contributed by atoms with E-state index in [1.54, 1.807) is 16.8 Å². The van der Waals surface area contributed by atoms with Gasteiger partial charge in [-0.15, -0.1) is 11.3 Å². The molecule has 7 nitrogen and oxygen atoms in total. The van der Waals surface area contributed by atoms with Crippen molar-refractivity contribution in [3.8, 4) is 0 Å². The van der Waals surface area contributed by atoms with E-state index in [1.165, 1.54) is 0 Å². The minimum absolute atomic E-state index is 0.0989. The molecule has 1 amide bonds. The van der Waals surface area contributed by atoms with Crippen molar-refractivity contribution >= 4 is 17.2 Å². The average Bonchev–Trinajstić information content (AvgIpc) is 3.30. The number of fused-ring (bicyclic) bond motifs is 1. The third-order valence-corrected chi connectivity index (χ3v) is 5.34. The summed E-state index contributed by atoms with van der Waals surface area (Å²) >= 11 is 1.54. The van der Waals surface area contributed by atoms with Crippen molar-refractivity contribution in [1.82, 2.24) is 15.5 Å². The summed E-state index contributed by atoms with van der Waals surface area (Å²) in [4.78, 5) is 16.9. The molecule has 2 aromatic heterocycles. The van der Waals surface area contributed by atoms with Crippen LogP contribution in [0, 0.1) is 0 Å². The van der Waals surface area contributed by atoms with Crippen LogP contribution in [0.5, 0.6) is 0 Å². The average molecular weight is 363 g/mol. The van der Waals surface area contributed by atoms with Crippen molar-refractivity contribution in [3.63, 3.8) is 0 Å². The minimum atomic E-state index is -0.228. The van der Waals surface area contributed by atoms with Gasteiger partial charge in [-0.25, -0.2) is 4.98 Å². The molecule has 0 radical (unpaired) electrons. The lowest BCUT2D eigenvalue weighted by Gasteiger charge is -2.31. The predicted octanol–water partition coefficient (Wildman–Crippen LogP) is 2.11. The molecular weight excluding hydrogens is 342 g/mol. The lowest BCUT2D eigenvalue weighted by atomic mass is 9.96. The standard InChI is InChI=1S/C17H21N3O4S/c21-17(16-12-3-1-2-4-13(12)20-24-16)19-14-8-22-6-5-15(14)23-7-11-9-25-10-18-11/h9-10,14-15H,1-8H2,(H,19,21)/t14-,15+/m1/s1. The molecule has 1 saturated heterocycles. The smallest absolute Gasteiger partial charge is 0.290 e. The Balaban J connectivity index is 1.40. The molecule has 3 heterocycles. The number of rotatable bonds is 5. The van der Waals surface area contributed by atoms with Gasteiger partial charge in [0.05, 0.1) is 42.3 Å². The number of ether oxygens (including phenoxy) is 2. The molecule has 25 heavy (non-hydrogen) atoms. The zero-order valence-electron chi connectivity index (χ0n) is 13.9. The summed E-state index contributed by atoms with van der Waals surface area (Å²) in [5, 5.41) is 9.03. The molecule has 1 aliphatic heterocycles. The number of thiazole rings is 1. The number of amides is 1. The van der Waals surface area contributed by atoms with Gasteiger partial charge < -0.3 is 19.3 Å². The van der Waals surface area contributed by atoms with Crippen LogP contribution in [-0.2, 0) is 28.9 Å². The highest BCUT2D eigenvalue weighted by atomic mass is 32.1. The van der Waals surface area contributed by atoms with Gasteiger partial charge in [0, 0.05) is 17.6 Å². The van der Waals surface area contributed by atoms with E-state index in [1.807, 2.05) is 5.38 Å². The fraction of sp³-hybridized carbons (Fsp3) is 0.588. The minimum Gasteiger partial charge on any atom is -0.379 e. The second kappa shape index (κ2) is 7.63. The Hall–Kier alpha value is -1.77. The SMILES string of the molecule is O=C(N[C@@H]1COCC[C@@H]1OCc1cscn1)c1onc2c1CCCC2. The van der Waals surface area contributed by atoms with Gasteiger partial charge in [0.25, 0.3) is 5.91 Å². The van der Waals surface area contributed by atoms with Gasteiger partial charge >= 0.3 is 0 Å². The predicted molar refractivity (Wildman–Crippen MR) is 90.5 cm³/mol. The maximum Gasteiger partial charge on any atom is 0.290 e. The van der Waals surface area contributed by atoms with Gasteiger partial charge in [-0.3, -0.25) is 4.79 Å². The first-order chi connectivity index (χ1) is 12.3. The molecule has 1 N–H and O–H groups in total. The van der Waals surface area contributed by atoms with Crippen molar-refractivity contribution < 1.29 is 18.8 Å². The number of aromatic nitrogens is 2. The molecule has 2 aliphatic rings. The van der Waals surface area contributed by atoms with Gasteiger partial charge in [0.2, 0.25) is 5.76 Å². The molecule has 0 bridgehead atoms. The van der Waals surface area contributed by atoms with Crippen molar-refractivity contribution in [2.45, 2.75) is 50.9 Å². The summed E-state index contributed by atoms with van der Waals surface area (Å²) in [5.41, 5.74) is 4.58. The molecule has 4 rings (SSSR count). The second-order valence-electron chi connectivity index (χ2n) is 6.42. The lowest BCUT2D eigenvalue weighted by molar-refractivity contribution is -0.0613. The van der Waals surface area contributed by atoms with Crippen LogP contribution in [0.15, 0.2) is 15.4 Å². The Kier molecular flexibility index (Phi) is 5.09. The largest absolute Gasteiger partial charge is 0.379 e. The van der Waals surface area contributed by atoms with Gasteiger partial charge in [-0.05, 0) is 32.1 Å². The van der Waals surface area contributed by atoms with Crippen LogP contribution in [0.3, 0.4) is 0 Å². The number of nitrogens with one attached hydrogen (secondary N) is 1. The van der Waals surface area contributed by atoms with E-state index in [0.29, 0.717) is 25.6 Å². The van der Waals surface area contributed by atoms with Crippen molar-refractivity contribution in [2.24, 2.45) is 0 Å².